The molecule has 60 valence electrons. The number of hydrogen-bond acceptors (Lipinski definition) is 1. The highest BCUT2D eigenvalue weighted by Crippen LogP contribution is 2.33. The van der Waals surface area contributed by atoms with Crippen molar-refractivity contribution in [2.45, 2.75) is 6.92 Å². The van der Waals surface area contributed by atoms with Crippen molar-refractivity contribution in [3.63, 3.8) is 0 Å². The maximum Gasteiger partial charge on any atom is 0.226 e. The quantitative estimate of drug-likeness (QED) is 0.649. The summed E-state index contributed by atoms with van der Waals surface area (Å²) in [7, 11) is -3.05. The van der Waals surface area contributed by atoms with Crippen LogP contribution in [0.2, 0.25) is 0 Å². The lowest BCUT2D eigenvalue weighted by molar-refractivity contribution is 0.496. The summed E-state index contributed by atoms with van der Waals surface area (Å²) >= 11 is 0. The first-order valence-corrected chi connectivity index (χ1v) is 5.48. The van der Waals surface area contributed by atoms with Crippen LogP contribution in [0, 0.1) is 6.92 Å². The van der Waals surface area contributed by atoms with Crippen molar-refractivity contribution in [1.82, 2.24) is 0 Å². The molecule has 0 heterocycles. The fourth-order valence-corrected chi connectivity index (χ4v) is 1.69. The van der Waals surface area contributed by atoms with Gasteiger partial charge in [0.05, 0.1) is 0 Å². The summed E-state index contributed by atoms with van der Waals surface area (Å²) in [6.07, 6.45) is 0. The minimum atomic E-state index is -3.05. The molecule has 1 aromatic carbocycles. The molecular weight excluding hydrogens is 159 g/mol. The fraction of sp³-hybridized carbons (Fsp3) is 0.250. The Labute approximate surface area is 66.3 Å². The molecule has 1 N–H and O–H groups in total. The highest BCUT2D eigenvalue weighted by molar-refractivity contribution is 7.65. The van der Waals surface area contributed by atoms with Crippen LogP contribution < -0.4 is 5.30 Å². The van der Waals surface area contributed by atoms with Gasteiger partial charge in [-0.1, -0.05) is 17.7 Å². The second-order valence-electron chi connectivity index (χ2n) is 2.72. The van der Waals surface area contributed by atoms with Gasteiger partial charge in [-0.15, -0.1) is 0 Å². The van der Waals surface area contributed by atoms with Gasteiger partial charge in [-0.25, -0.2) is 0 Å². The maximum absolute atomic E-state index is 11.1. The van der Waals surface area contributed by atoms with E-state index in [2.05, 4.69) is 0 Å². The molecule has 0 fully saturated rings. The van der Waals surface area contributed by atoms with Crippen molar-refractivity contribution < 1.29 is 9.46 Å². The van der Waals surface area contributed by atoms with Gasteiger partial charge in [0.1, 0.15) is 0 Å². The van der Waals surface area contributed by atoms with Crippen LogP contribution in [0.25, 0.3) is 0 Å². The van der Waals surface area contributed by atoms with Crippen LogP contribution in [0.1, 0.15) is 5.56 Å². The third-order valence-corrected chi connectivity index (χ3v) is 2.72. The summed E-state index contributed by atoms with van der Waals surface area (Å²) in [5, 5.41) is 0.525. The summed E-state index contributed by atoms with van der Waals surface area (Å²) in [6, 6.07) is 7.10. The van der Waals surface area contributed by atoms with Gasteiger partial charge in [-0.05, 0) is 19.1 Å². The van der Waals surface area contributed by atoms with Gasteiger partial charge in [-0.3, -0.25) is 4.57 Å². The summed E-state index contributed by atoms with van der Waals surface area (Å²) in [5.74, 6) is 0. The van der Waals surface area contributed by atoms with E-state index in [1.807, 2.05) is 13.0 Å². The maximum atomic E-state index is 11.1. The van der Waals surface area contributed by atoms with E-state index in [0.29, 0.717) is 5.30 Å². The molecule has 0 aromatic heterocycles. The zero-order valence-electron chi connectivity index (χ0n) is 6.61. The number of benzene rings is 1. The first-order chi connectivity index (χ1) is 5.00. The van der Waals surface area contributed by atoms with Crippen molar-refractivity contribution in [1.29, 1.82) is 0 Å². The number of hydrogen-bond donors (Lipinski definition) is 1. The molecule has 1 unspecified atom stereocenters. The Hall–Kier alpha value is -0.590. The smallest absolute Gasteiger partial charge is 0.226 e. The zero-order valence-corrected chi connectivity index (χ0v) is 7.51. The number of rotatable bonds is 1. The monoisotopic (exact) mass is 170 g/mol. The van der Waals surface area contributed by atoms with Gasteiger partial charge in [0.25, 0.3) is 0 Å². The molecule has 1 rings (SSSR count). The first kappa shape index (κ1) is 8.51. The Morgan fingerprint density at radius 3 is 2.45 bits per heavy atom. The third kappa shape index (κ3) is 2.18. The van der Waals surface area contributed by atoms with Gasteiger partial charge < -0.3 is 4.89 Å². The molecule has 0 saturated heterocycles. The minimum absolute atomic E-state index is 0.525. The van der Waals surface area contributed by atoms with Gasteiger partial charge in [0.2, 0.25) is 7.37 Å². The van der Waals surface area contributed by atoms with E-state index in [-0.39, 0.29) is 0 Å². The van der Waals surface area contributed by atoms with E-state index in [1.54, 1.807) is 18.2 Å². The van der Waals surface area contributed by atoms with Crippen molar-refractivity contribution in [3.05, 3.63) is 29.8 Å². The van der Waals surface area contributed by atoms with Gasteiger partial charge in [0.15, 0.2) is 0 Å². The summed E-state index contributed by atoms with van der Waals surface area (Å²) < 4.78 is 11.1. The lowest BCUT2D eigenvalue weighted by atomic mass is 10.2. The second-order valence-corrected chi connectivity index (χ2v) is 4.99. The van der Waals surface area contributed by atoms with Gasteiger partial charge in [0, 0.05) is 12.0 Å². The number of aryl methyl sites for hydroxylation is 1. The first-order valence-electron chi connectivity index (χ1n) is 3.37. The SMILES string of the molecule is Cc1cccc(P(C)(=O)O)c1. The van der Waals surface area contributed by atoms with Crippen molar-refractivity contribution in [2.75, 3.05) is 6.66 Å². The van der Waals surface area contributed by atoms with Crippen LogP contribution in [0.3, 0.4) is 0 Å². The topological polar surface area (TPSA) is 37.3 Å². The van der Waals surface area contributed by atoms with Crippen LogP contribution in [-0.2, 0) is 4.57 Å². The average molecular weight is 170 g/mol. The normalized spacial score (nSPS) is 15.9. The van der Waals surface area contributed by atoms with Crippen LogP contribution >= 0.6 is 7.37 Å². The van der Waals surface area contributed by atoms with E-state index >= 15 is 0 Å². The summed E-state index contributed by atoms with van der Waals surface area (Å²) in [5.41, 5.74) is 1.01. The van der Waals surface area contributed by atoms with E-state index in [9.17, 15) is 4.57 Å². The third-order valence-electron chi connectivity index (χ3n) is 1.48. The molecule has 0 spiro atoms. The predicted octanol–water partition coefficient (Wildman–Crippen LogP) is 1.52. The molecular formula is C8H11O2P. The molecule has 2 nitrogen and oxygen atoms in total. The largest absolute Gasteiger partial charge is 0.341 e. The molecule has 11 heavy (non-hydrogen) atoms. The summed E-state index contributed by atoms with van der Waals surface area (Å²) in [6.45, 7) is 3.25. The molecule has 0 aliphatic heterocycles. The molecule has 1 aromatic rings. The molecule has 0 bridgehead atoms. The minimum Gasteiger partial charge on any atom is -0.341 e. The van der Waals surface area contributed by atoms with Crippen LogP contribution in [0.4, 0.5) is 0 Å². The molecule has 3 heteroatoms. The highest BCUT2D eigenvalue weighted by Gasteiger charge is 2.12. The van der Waals surface area contributed by atoms with Crippen molar-refractivity contribution in [3.8, 4) is 0 Å². The van der Waals surface area contributed by atoms with E-state index in [4.69, 9.17) is 4.89 Å². The molecule has 0 radical (unpaired) electrons. The van der Waals surface area contributed by atoms with Crippen LogP contribution in [0.15, 0.2) is 24.3 Å². The molecule has 0 amide bonds. The molecule has 0 aliphatic rings. The Bertz CT molecular complexity index is 301. The molecule has 0 aliphatic carbocycles. The fourth-order valence-electron chi connectivity index (χ4n) is 0.886. The Morgan fingerprint density at radius 1 is 1.45 bits per heavy atom. The van der Waals surface area contributed by atoms with E-state index in [1.165, 1.54) is 6.66 Å². The summed E-state index contributed by atoms with van der Waals surface area (Å²) in [4.78, 5) is 9.17. The van der Waals surface area contributed by atoms with Crippen LogP contribution in [-0.4, -0.2) is 11.6 Å². The highest BCUT2D eigenvalue weighted by atomic mass is 31.2. The van der Waals surface area contributed by atoms with Crippen molar-refractivity contribution in [2.24, 2.45) is 0 Å². The second kappa shape index (κ2) is 2.80. The van der Waals surface area contributed by atoms with Crippen molar-refractivity contribution >= 4 is 12.7 Å². The standard InChI is InChI=1S/C8H11O2P/c1-7-4-3-5-8(6-7)11(2,9)10/h3-6H,1-2H3,(H,9,10). The lowest BCUT2D eigenvalue weighted by Crippen LogP contribution is -2.02. The predicted molar refractivity (Wildman–Crippen MR) is 46.6 cm³/mol. The Kier molecular flexibility index (Phi) is 2.17. The molecule has 1 atom stereocenters. The van der Waals surface area contributed by atoms with Crippen LogP contribution in [0.5, 0.6) is 0 Å². The Morgan fingerprint density at radius 2 is 2.09 bits per heavy atom. The van der Waals surface area contributed by atoms with E-state index in [0.717, 1.165) is 5.56 Å². The van der Waals surface area contributed by atoms with Gasteiger partial charge in [-0.2, -0.15) is 0 Å². The van der Waals surface area contributed by atoms with Gasteiger partial charge >= 0.3 is 0 Å². The molecule has 0 saturated carbocycles. The zero-order chi connectivity index (χ0) is 8.48. The average Bonchev–Trinajstić information content (AvgIpc) is 1.86. The lowest BCUT2D eigenvalue weighted by Gasteiger charge is -2.04. The van der Waals surface area contributed by atoms with E-state index < -0.39 is 7.37 Å². The Balaban J connectivity index is 3.17.